The molecule has 5 heteroatoms. The van der Waals surface area contributed by atoms with Gasteiger partial charge in [0.05, 0.1) is 10.7 Å². The molecule has 0 saturated carbocycles. The molecule has 0 unspecified atom stereocenters. The fourth-order valence-electron chi connectivity index (χ4n) is 1.62. The van der Waals surface area contributed by atoms with Crippen LogP contribution in [0, 0.1) is 0 Å². The van der Waals surface area contributed by atoms with Gasteiger partial charge in [-0.3, -0.25) is 5.32 Å². The van der Waals surface area contributed by atoms with Crippen LogP contribution >= 0.6 is 11.6 Å². The number of carbonyl (C=O) groups is 2. The number of rotatable bonds is 5. The van der Waals surface area contributed by atoms with Gasteiger partial charge in [0, 0.05) is 6.42 Å². The van der Waals surface area contributed by atoms with Crippen LogP contribution in [-0.4, -0.2) is 18.0 Å². The number of aldehydes is 1. The molecule has 1 aromatic carbocycles. The number of benzene rings is 1. The molecule has 1 amide bonds. The van der Waals surface area contributed by atoms with Gasteiger partial charge in [0.15, 0.2) is 0 Å². The van der Waals surface area contributed by atoms with Crippen molar-refractivity contribution in [3.8, 4) is 0 Å². The molecule has 0 aromatic heterocycles. The first-order valence-corrected chi connectivity index (χ1v) is 6.91. The van der Waals surface area contributed by atoms with Crippen LogP contribution in [0.25, 0.3) is 0 Å². The molecule has 0 aliphatic heterocycles. The first-order chi connectivity index (χ1) is 9.31. The van der Waals surface area contributed by atoms with Crippen molar-refractivity contribution < 1.29 is 14.3 Å². The fraction of sp³-hybridized carbons (Fsp3) is 0.467. The van der Waals surface area contributed by atoms with Gasteiger partial charge in [0.25, 0.3) is 0 Å². The average Bonchev–Trinajstić information content (AvgIpc) is 2.30. The Balaban J connectivity index is 2.64. The summed E-state index contributed by atoms with van der Waals surface area (Å²) < 4.78 is 5.16. The van der Waals surface area contributed by atoms with E-state index >= 15 is 0 Å². The Kier molecular flexibility index (Phi) is 6.02. The highest BCUT2D eigenvalue weighted by molar-refractivity contribution is 6.33. The van der Waals surface area contributed by atoms with Crippen LogP contribution in [-0.2, 0) is 16.0 Å². The van der Waals surface area contributed by atoms with E-state index in [1.807, 2.05) is 6.07 Å². The van der Waals surface area contributed by atoms with E-state index in [0.29, 0.717) is 17.1 Å². The van der Waals surface area contributed by atoms with E-state index in [1.165, 1.54) is 0 Å². The summed E-state index contributed by atoms with van der Waals surface area (Å²) in [5.41, 5.74) is 0.998. The second kappa shape index (κ2) is 7.29. The lowest BCUT2D eigenvalue weighted by molar-refractivity contribution is -0.107. The fourth-order valence-corrected chi connectivity index (χ4v) is 1.87. The molecule has 0 aliphatic rings. The first kappa shape index (κ1) is 16.5. The number of hydrogen-bond donors (Lipinski definition) is 1. The smallest absolute Gasteiger partial charge is 0.412 e. The monoisotopic (exact) mass is 297 g/mol. The van der Waals surface area contributed by atoms with Crippen LogP contribution < -0.4 is 5.32 Å². The zero-order valence-electron chi connectivity index (χ0n) is 12.0. The Morgan fingerprint density at radius 3 is 2.65 bits per heavy atom. The van der Waals surface area contributed by atoms with E-state index in [0.717, 1.165) is 24.7 Å². The Bertz CT molecular complexity index is 480. The van der Waals surface area contributed by atoms with Crippen molar-refractivity contribution in [1.82, 2.24) is 0 Å². The van der Waals surface area contributed by atoms with Gasteiger partial charge < -0.3 is 9.53 Å². The molecule has 1 aromatic rings. The SMILES string of the molecule is CC(C)(C)OC(=O)Nc1ccc(CCCC=O)cc1Cl. The maximum absolute atomic E-state index is 11.6. The zero-order chi connectivity index (χ0) is 15.2. The summed E-state index contributed by atoms with van der Waals surface area (Å²) in [7, 11) is 0. The number of anilines is 1. The number of ether oxygens (including phenoxy) is 1. The summed E-state index contributed by atoms with van der Waals surface area (Å²) >= 11 is 6.12. The van der Waals surface area contributed by atoms with Crippen LogP contribution in [0.4, 0.5) is 10.5 Å². The van der Waals surface area contributed by atoms with Crippen molar-refractivity contribution in [3.05, 3.63) is 28.8 Å². The highest BCUT2D eigenvalue weighted by Gasteiger charge is 2.17. The van der Waals surface area contributed by atoms with E-state index in [1.54, 1.807) is 32.9 Å². The predicted molar refractivity (Wildman–Crippen MR) is 80.3 cm³/mol. The van der Waals surface area contributed by atoms with Gasteiger partial charge in [-0.25, -0.2) is 4.79 Å². The Morgan fingerprint density at radius 1 is 1.40 bits per heavy atom. The molecule has 0 heterocycles. The molecule has 0 atom stereocenters. The molecule has 0 spiro atoms. The largest absolute Gasteiger partial charge is 0.444 e. The van der Waals surface area contributed by atoms with E-state index in [9.17, 15) is 9.59 Å². The number of aryl methyl sites for hydroxylation is 1. The summed E-state index contributed by atoms with van der Waals surface area (Å²) in [6.45, 7) is 5.39. The first-order valence-electron chi connectivity index (χ1n) is 6.54. The lowest BCUT2D eigenvalue weighted by atomic mass is 10.1. The lowest BCUT2D eigenvalue weighted by Gasteiger charge is -2.20. The number of amides is 1. The number of carbonyl (C=O) groups excluding carboxylic acids is 2. The van der Waals surface area contributed by atoms with Crippen LogP contribution in [0.3, 0.4) is 0 Å². The predicted octanol–water partition coefficient (Wildman–Crippen LogP) is 4.21. The van der Waals surface area contributed by atoms with Gasteiger partial charge in [-0.2, -0.15) is 0 Å². The lowest BCUT2D eigenvalue weighted by Crippen LogP contribution is -2.27. The third kappa shape index (κ3) is 6.06. The van der Waals surface area contributed by atoms with Crippen LogP contribution in [0.5, 0.6) is 0 Å². The summed E-state index contributed by atoms with van der Waals surface area (Å²) in [5.74, 6) is 0. The number of nitrogens with one attached hydrogen (secondary N) is 1. The average molecular weight is 298 g/mol. The zero-order valence-corrected chi connectivity index (χ0v) is 12.8. The Labute approximate surface area is 124 Å². The molecule has 0 saturated heterocycles. The minimum atomic E-state index is -0.550. The van der Waals surface area contributed by atoms with Gasteiger partial charge >= 0.3 is 6.09 Å². The maximum Gasteiger partial charge on any atom is 0.412 e. The van der Waals surface area contributed by atoms with Crippen molar-refractivity contribution >= 4 is 29.7 Å². The Morgan fingerprint density at radius 2 is 2.10 bits per heavy atom. The van der Waals surface area contributed by atoms with Crippen molar-refractivity contribution in [2.24, 2.45) is 0 Å². The summed E-state index contributed by atoms with van der Waals surface area (Å²) in [6, 6.07) is 5.41. The molecule has 110 valence electrons. The van der Waals surface area contributed by atoms with Crippen molar-refractivity contribution in [1.29, 1.82) is 0 Å². The number of unbranched alkanes of at least 4 members (excludes halogenated alkanes) is 1. The van der Waals surface area contributed by atoms with Crippen LogP contribution in [0.1, 0.15) is 39.2 Å². The molecule has 1 rings (SSSR count). The molecule has 0 radical (unpaired) electrons. The highest BCUT2D eigenvalue weighted by atomic mass is 35.5. The minimum Gasteiger partial charge on any atom is -0.444 e. The summed E-state index contributed by atoms with van der Waals surface area (Å²) in [6.07, 6.45) is 2.48. The molecule has 20 heavy (non-hydrogen) atoms. The van der Waals surface area contributed by atoms with Gasteiger partial charge in [0.2, 0.25) is 0 Å². The maximum atomic E-state index is 11.6. The second-order valence-corrected chi connectivity index (χ2v) is 5.91. The normalized spacial score (nSPS) is 11.0. The molecular weight excluding hydrogens is 278 g/mol. The molecule has 1 N–H and O–H groups in total. The van der Waals surface area contributed by atoms with Crippen molar-refractivity contribution in [2.45, 2.75) is 45.6 Å². The standard InChI is InChI=1S/C15H20ClNO3/c1-15(2,3)20-14(19)17-13-8-7-11(10-12(13)16)6-4-5-9-18/h7-10H,4-6H2,1-3H3,(H,17,19). The number of hydrogen-bond acceptors (Lipinski definition) is 3. The van der Waals surface area contributed by atoms with Crippen LogP contribution in [0.15, 0.2) is 18.2 Å². The van der Waals surface area contributed by atoms with E-state index in [4.69, 9.17) is 16.3 Å². The molecule has 4 nitrogen and oxygen atoms in total. The van der Waals surface area contributed by atoms with Gasteiger partial charge in [0.1, 0.15) is 11.9 Å². The van der Waals surface area contributed by atoms with Crippen molar-refractivity contribution in [2.75, 3.05) is 5.32 Å². The van der Waals surface area contributed by atoms with Gasteiger partial charge in [-0.1, -0.05) is 17.7 Å². The molecule has 0 aliphatic carbocycles. The number of halogens is 1. The van der Waals surface area contributed by atoms with Crippen molar-refractivity contribution in [3.63, 3.8) is 0 Å². The van der Waals surface area contributed by atoms with Crippen LogP contribution in [0.2, 0.25) is 5.02 Å². The molecule has 0 fully saturated rings. The second-order valence-electron chi connectivity index (χ2n) is 5.50. The third-order valence-electron chi connectivity index (χ3n) is 2.46. The summed E-state index contributed by atoms with van der Waals surface area (Å²) in [4.78, 5) is 21.9. The van der Waals surface area contributed by atoms with Gasteiger partial charge in [-0.15, -0.1) is 0 Å². The van der Waals surface area contributed by atoms with Gasteiger partial charge in [-0.05, 0) is 51.3 Å². The topological polar surface area (TPSA) is 55.4 Å². The third-order valence-corrected chi connectivity index (χ3v) is 2.77. The quantitative estimate of drug-likeness (QED) is 0.654. The van der Waals surface area contributed by atoms with E-state index in [-0.39, 0.29) is 0 Å². The Hall–Kier alpha value is -1.55. The van der Waals surface area contributed by atoms with E-state index in [2.05, 4.69) is 5.32 Å². The van der Waals surface area contributed by atoms with E-state index < -0.39 is 11.7 Å². The molecule has 0 bridgehead atoms. The highest BCUT2D eigenvalue weighted by Crippen LogP contribution is 2.24. The minimum absolute atomic E-state index is 0.458. The molecular formula is C15H20ClNO3. The summed E-state index contributed by atoms with van der Waals surface area (Å²) in [5, 5.41) is 3.07.